The Kier molecular flexibility index (Phi) is 4.67. The normalized spacial score (nSPS) is 25.2. The van der Waals surface area contributed by atoms with E-state index in [1.807, 2.05) is 0 Å². The van der Waals surface area contributed by atoms with Crippen LogP contribution in [-0.4, -0.2) is 29.4 Å². The molecule has 0 aliphatic heterocycles. The average molecular weight is 282 g/mol. The zero-order valence-electron chi connectivity index (χ0n) is 10.0. The quantitative estimate of drug-likeness (QED) is 0.461. The number of ether oxygens (including phenoxy) is 1. The van der Waals surface area contributed by atoms with Crippen molar-refractivity contribution in [3.8, 4) is 0 Å². The van der Waals surface area contributed by atoms with E-state index in [-0.39, 0.29) is 11.9 Å². The Balaban J connectivity index is 2.16. The second kappa shape index (κ2) is 5.44. The largest absolute Gasteiger partial charge is 0.466 e. The highest BCUT2D eigenvalue weighted by molar-refractivity contribution is 6.53. The van der Waals surface area contributed by atoms with Crippen molar-refractivity contribution in [2.45, 2.75) is 37.4 Å². The molecule has 1 amide bonds. The Morgan fingerprint density at radius 1 is 1.41 bits per heavy atom. The number of hydrogen-bond donors (Lipinski definition) is 1. The Morgan fingerprint density at radius 3 is 2.47 bits per heavy atom. The number of alkyl halides is 2. The van der Waals surface area contributed by atoms with Crippen molar-refractivity contribution in [2.75, 3.05) is 13.2 Å². The van der Waals surface area contributed by atoms with Gasteiger partial charge in [0, 0.05) is 13.0 Å². The van der Waals surface area contributed by atoms with E-state index >= 15 is 0 Å². The highest BCUT2D eigenvalue weighted by atomic mass is 35.5. The Morgan fingerprint density at radius 2 is 2.00 bits per heavy atom. The minimum absolute atomic E-state index is 0.161. The van der Waals surface area contributed by atoms with Crippen molar-refractivity contribution < 1.29 is 14.3 Å². The molecule has 0 radical (unpaired) electrons. The molecule has 1 aliphatic rings. The highest BCUT2D eigenvalue weighted by Gasteiger charge is 2.67. The smallest absolute Gasteiger partial charge is 0.305 e. The van der Waals surface area contributed by atoms with Crippen LogP contribution in [0.4, 0.5) is 0 Å². The summed E-state index contributed by atoms with van der Waals surface area (Å²) in [6.45, 7) is 4.29. The van der Waals surface area contributed by atoms with Gasteiger partial charge in [0.2, 0.25) is 5.91 Å². The highest BCUT2D eigenvalue weighted by Crippen LogP contribution is 2.63. The molecule has 1 atom stereocenters. The first-order chi connectivity index (χ1) is 7.83. The number of halogens is 2. The first-order valence-electron chi connectivity index (χ1n) is 5.65. The minimum Gasteiger partial charge on any atom is -0.466 e. The van der Waals surface area contributed by atoms with Crippen LogP contribution in [0.15, 0.2) is 0 Å². The zero-order valence-corrected chi connectivity index (χ0v) is 11.5. The predicted octanol–water partition coefficient (Wildman–Crippen LogP) is 2.03. The lowest BCUT2D eigenvalue weighted by Crippen LogP contribution is -2.34. The van der Waals surface area contributed by atoms with Crippen molar-refractivity contribution in [3.05, 3.63) is 0 Å². The van der Waals surface area contributed by atoms with Crippen molar-refractivity contribution >= 4 is 35.1 Å². The van der Waals surface area contributed by atoms with Gasteiger partial charge in [0.25, 0.3) is 0 Å². The van der Waals surface area contributed by atoms with Gasteiger partial charge in [-0.2, -0.15) is 0 Å². The molecule has 0 aromatic rings. The number of esters is 1. The van der Waals surface area contributed by atoms with Crippen LogP contribution >= 0.6 is 23.2 Å². The second-order valence-corrected chi connectivity index (χ2v) is 5.86. The number of carbonyl (C=O) groups is 2. The Bertz CT molecular complexity index is 320. The van der Waals surface area contributed by atoms with Crippen molar-refractivity contribution in [3.63, 3.8) is 0 Å². The number of nitrogens with one attached hydrogen (secondary N) is 1. The van der Waals surface area contributed by atoms with E-state index in [4.69, 9.17) is 27.9 Å². The minimum atomic E-state index is -0.946. The molecular formula is C11H17Cl2NO3. The zero-order chi connectivity index (χ0) is 13.1. The molecule has 1 fully saturated rings. The van der Waals surface area contributed by atoms with Crippen LogP contribution in [0.5, 0.6) is 0 Å². The average Bonchev–Trinajstić information content (AvgIpc) is 2.75. The van der Waals surface area contributed by atoms with Gasteiger partial charge in [0.15, 0.2) is 0 Å². The van der Waals surface area contributed by atoms with Crippen molar-refractivity contribution in [1.29, 1.82) is 0 Å². The Labute approximate surface area is 111 Å². The first-order valence-corrected chi connectivity index (χ1v) is 6.41. The summed E-state index contributed by atoms with van der Waals surface area (Å²) in [5, 5.41) is 2.72. The van der Waals surface area contributed by atoms with Crippen LogP contribution in [0.25, 0.3) is 0 Å². The maximum atomic E-state index is 11.7. The molecule has 0 bridgehead atoms. The van der Waals surface area contributed by atoms with Crippen LogP contribution in [-0.2, 0) is 14.3 Å². The molecule has 17 heavy (non-hydrogen) atoms. The fraction of sp³-hybridized carbons (Fsp3) is 0.818. The van der Waals surface area contributed by atoms with Crippen LogP contribution in [0.2, 0.25) is 0 Å². The van der Waals surface area contributed by atoms with E-state index in [2.05, 4.69) is 5.32 Å². The molecule has 1 rings (SSSR count). The molecule has 6 heteroatoms. The van der Waals surface area contributed by atoms with Gasteiger partial charge < -0.3 is 10.1 Å². The maximum absolute atomic E-state index is 11.7. The topological polar surface area (TPSA) is 55.4 Å². The Hall–Kier alpha value is -0.480. The molecule has 0 saturated heterocycles. The lowest BCUT2D eigenvalue weighted by atomic mass is 10.1. The fourth-order valence-electron chi connectivity index (χ4n) is 1.51. The van der Waals surface area contributed by atoms with Gasteiger partial charge in [0.05, 0.1) is 12.0 Å². The van der Waals surface area contributed by atoms with Gasteiger partial charge in [-0.3, -0.25) is 9.59 Å². The van der Waals surface area contributed by atoms with Crippen LogP contribution in [0.3, 0.4) is 0 Å². The summed E-state index contributed by atoms with van der Waals surface area (Å²) in [4.78, 5) is 22.7. The molecule has 1 saturated carbocycles. The van der Waals surface area contributed by atoms with E-state index in [1.165, 1.54) is 0 Å². The van der Waals surface area contributed by atoms with E-state index < -0.39 is 9.75 Å². The molecule has 1 unspecified atom stereocenters. The van der Waals surface area contributed by atoms with Gasteiger partial charge in [-0.15, -0.1) is 23.2 Å². The first kappa shape index (κ1) is 14.6. The van der Waals surface area contributed by atoms with Gasteiger partial charge >= 0.3 is 5.97 Å². The van der Waals surface area contributed by atoms with Crippen molar-refractivity contribution in [1.82, 2.24) is 5.32 Å². The maximum Gasteiger partial charge on any atom is 0.305 e. The number of carbonyl (C=O) groups excluding carboxylic acids is 2. The third-order valence-electron chi connectivity index (χ3n) is 2.91. The summed E-state index contributed by atoms with van der Waals surface area (Å²) < 4.78 is 3.82. The molecule has 98 valence electrons. The van der Waals surface area contributed by atoms with Crippen LogP contribution in [0, 0.1) is 5.41 Å². The number of amides is 1. The monoisotopic (exact) mass is 281 g/mol. The summed E-state index contributed by atoms with van der Waals surface area (Å²) in [5.74, 6) is -0.408. The van der Waals surface area contributed by atoms with Crippen LogP contribution in [0.1, 0.15) is 33.1 Å². The molecule has 0 spiro atoms. The van der Waals surface area contributed by atoms with E-state index in [9.17, 15) is 9.59 Å². The van der Waals surface area contributed by atoms with E-state index in [0.717, 1.165) is 0 Å². The van der Waals surface area contributed by atoms with E-state index in [1.54, 1.807) is 13.8 Å². The summed E-state index contributed by atoms with van der Waals surface area (Å²) >= 11 is 11.8. The van der Waals surface area contributed by atoms with Crippen molar-refractivity contribution in [2.24, 2.45) is 5.41 Å². The summed E-state index contributed by atoms with van der Waals surface area (Å²) in [7, 11) is 0. The third kappa shape index (κ3) is 3.49. The molecule has 1 aliphatic carbocycles. The van der Waals surface area contributed by atoms with Gasteiger partial charge in [-0.1, -0.05) is 0 Å². The number of hydrogen-bond acceptors (Lipinski definition) is 3. The van der Waals surface area contributed by atoms with Gasteiger partial charge in [-0.25, -0.2) is 0 Å². The summed E-state index contributed by atoms with van der Waals surface area (Å²) in [6, 6.07) is 0. The molecular weight excluding hydrogens is 265 g/mol. The van der Waals surface area contributed by atoms with Crippen LogP contribution < -0.4 is 5.32 Å². The fourth-order valence-corrected chi connectivity index (χ4v) is 2.22. The summed E-state index contributed by atoms with van der Waals surface area (Å²) in [6.07, 6.45) is 1.32. The summed E-state index contributed by atoms with van der Waals surface area (Å²) in [5.41, 5.74) is -0.694. The van der Waals surface area contributed by atoms with Gasteiger partial charge in [0.1, 0.15) is 4.33 Å². The lowest BCUT2D eigenvalue weighted by Gasteiger charge is -2.12. The predicted molar refractivity (Wildman–Crippen MR) is 66.0 cm³/mol. The molecule has 1 N–H and O–H groups in total. The molecule has 0 aromatic carbocycles. The second-order valence-electron chi connectivity index (χ2n) is 4.38. The SMILES string of the molecule is CCOC(=O)CCCNC(=O)C1(C)CC1(Cl)Cl. The van der Waals surface area contributed by atoms with Gasteiger partial charge in [-0.05, 0) is 26.7 Å². The molecule has 0 heterocycles. The molecule has 4 nitrogen and oxygen atoms in total. The van der Waals surface area contributed by atoms with E-state index in [0.29, 0.717) is 32.4 Å². The standard InChI is InChI=1S/C11H17Cl2NO3/c1-3-17-8(15)5-4-6-14-9(16)10(2)7-11(10,12)13/h3-7H2,1-2H3,(H,14,16). The molecule has 0 aromatic heterocycles. The lowest BCUT2D eigenvalue weighted by molar-refractivity contribution is -0.143. The third-order valence-corrected chi connectivity index (χ3v) is 4.01. The number of rotatable bonds is 6.